The predicted octanol–water partition coefficient (Wildman–Crippen LogP) is 0.788. The van der Waals surface area contributed by atoms with E-state index in [0.717, 1.165) is 0 Å². The molecule has 0 saturated carbocycles. The van der Waals surface area contributed by atoms with E-state index in [9.17, 15) is 4.79 Å². The van der Waals surface area contributed by atoms with Gasteiger partial charge in [-0.05, 0) is 13.8 Å². The van der Waals surface area contributed by atoms with Gasteiger partial charge in [0.25, 0.3) is 0 Å². The van der Waals surface area contributed by atoms with Crippen molar-refractivity contribution < 1.29 is 56.9 Å². The number of carbonyl (C=O) groups is 1. The Morgan fingerprint density at radius 2 is 1.92 bits per heavy atom. The van der Waals surface area contributed by atoms with Crippen LogP contribution >= 0.6 is 0 Å². The van der Waals surface area contributed by atoms with Gasteiger partial charge in [0.15, 0.2) is 0 Å². The van der Waals surface area contributed by atoms with Crippen molar-refractivity contribution in [2.75, 3.05) is 13.2 Å². The maximum absolute atomic E-state index is 9.38. The van der Waals surface area contributed by atoms with Gasteiger partial charge in [0.1, 0.15) is 0 Å². The van der Waals surface area contributed by atoms with Crippen LogP contribution < -0.4 is 0 Å². The Labute approximate surface area is 96.3 Å². The predicted molar refractivity (Wildman–Crippen MR) is 37.0 cm³/mol. The third-order valence-electron chi connectivity index (χ3n) is 0.471. The number of rotatable bonds is 3. The van der Waals surface area contributed by atoms with E-state index in [0.29, 0.717) is 6.61 Å². The SMILES string of the molecule is CCOC(=O)O.CCO[C-]=O.[Y]. The Morgan fingerprint density at radius 3 is 1.92 bits per heavy atom. The van der Waals surface area contributed by atoms with Crippen molar-refractivity contribution in [3.05, 3.63) is 0 Å². The van der Waals surface area contributed by atoms with Crippen molar-refractivity contribution in [2.45, 2.75) is 13.8 Å². The molecule has 5 nitrogen and oxygen atoms in total. The first-order valence-corrected chi connectivity index (χ1v) is 3.03. The number of carboxylic acid groups (broad SMARTS) is 1. The molecule has 0 aliphatic carbocycles. The summed E-state index contributed by atoms with van der Waals surface area (Å²) in [6.07, 6.45) is -1.21. The van der Waals surface area contributed by atoms with E-state index in [4.69, 9.17) is 9.90 Å². The van der Waals surface area contributed by atoms with Crippen molar-refractivity contribution >= 4 is 12.6 Å². The molecule has 0 spiro atoms. The molecule has 0 heterocycles. The summed E-state index contributed by atoms with van der Waals surface area (Å²) in [5, 5.41) is 7.69. The van der Waals surface area contributed by atoms with E-state index in [1.165, 1.54) is 6.47 Å². The zero-order valence-corrected chi connectivity index (χ0v) is 9.91. The van der Waals surface area contributed by atoms with Gasteiger partial charge < -0.3 is 19.4 Å². The van der Waals surface area contributed by atoms with Gasteiger partial charge in [0.05, 0.1) is 6.61 Å². The Balaban J connectivity index is -0.000000126. The molecule has 0 unspecified atom stereocenters. The zero-order chi connectivity index (χ0) is 9.11. The number of hydrogen-bond donors (Lipinski definition) is 1. The molecule has 1 N–H and O–H groups in total. The molecular weight excluding hydrogens is 241 g/mol. The summed E-state index contributed by atoms with van der Waals surface area (Å²) < 4.78 is 7.99. The summed E-state index contributed by atoms with van der Waals surface area (Å²) in [6.45, 7) is 5.27. The minimum absolute atomic E-state index is 0. The van der Waals surface area contributed by atoms with E-state index in [-0.39, 0.29) is 39.3 Å². The van der Waals surface area contributed by atoms with Crippen molar-refractivity contribution in [1.29, 1.82) is 0 Å². The van der Waals surface area contributed by atoms with Gasteiger partial charge in [-0.15, -0.1) is 0 Å². The smallest absolute Gasteiger partial charge is 0.505 e. The standard InChI is InChI=1S/C3H6O3.C3H5O2.Y/c1-2-6-3(4)5;1-2-5-3-4;/h2H2,1H3,(H,4,5);2H2,1H3;/q;-1;. The van der Waals surface area contributed by atoms with Gasteiger partial charge in [0.2, 0.25) is 0 Å². The van der Waals surface area contributed by atoms with Crippen LogP contribution in [0.25, 0.3) is 0 Å². The topological polar surface area (TPSA) is 72.8 Å². The maximum atomic E-state index is 9.38. The summed E-state index contributed by atoms with van der Waals surface area (Å²) in [5.74, 6) is 0. The minimum Gasteiger partial charge on any atom is -0.653 e. The van der Waals surface area contributed by atoms with E-state index in [1.807, 2.05) is 0 Å². The van der Waals surface area contributed by atoms with Crippen LogP contribution in [0.1, 0.15) is 13.8 Å². The second-order valence-electron chi connectivity index (χ2n) is 1.22. The van der Waals surface area contributed by atoms with Gasteiger partial charge in [-0.25, -0.2) is 4.79 Å². The van der Waals surface area contributed by atoms with Crippen LogP contribution in [0, 0.1) is 0 Å². The van der Waals surface area contributed by atoms with Crippen LogP contribution in [0.4, 0.5) is 4.79 Å². The monoisotopic (exact) mass is 252 g/mol. The van der Waals surface area contributed by atoms with Crippen LogP contribution in [0.2, 0.25) is 0 Å². The van der Waals surface area contributed by atoms with Gasteiger partial charge in [0, 0.05) is 39.3 Å². The van der Waals surface area contributed by atoms with E-state index in [2.05, 4.69) is 9.47 Å². The second-order valence-corrected chi connectivity index (χ2v) is 1.22. The minimum atomic E-state index is -1.21. The number of carbonyl (C=O) groups excluding carboxylic acids is 1. The van der Waals surface area contributed by atoms with Gasteiger partial charge in [-0.1, -0.05) is 6.47 Å². The van der Waals surface area contributed by atoms with E-state index < -0.39 is 6.16 Å². The Morgan fingerprint density at radius 1 is 1.42 bits per heavy atom. The molecule has 0 aromatic rings. The van der Waals surface area contributed by atoms with Crippen LogP contribution in [0.5, 0.6) is 0 Å². The molecule has 0 fully saturated rings. The quantitative estimate of drug-likeness (QED) is 0.593. The number of ether oxygens (including phenoxy) is 2. The molecule has 69 valence electrons. The Hall–Kier alpha value is -0.156. The van der Waals surface area contributed by atoms with Crippen molar-refractivity contribution in [1.82, 2.24) is 0 Å². The molecule has 0 aliphatic heterocycles. The molecule has 6 heteroatoms. The molecular formula is C6H11O5Y-. The number of hydrogen-bond acceptors (Lipinski definition) is 4. The van der Waals surface area contributed by atoms with E-state index in [1.54, 1.807) is 13.8 Å². The fourth-order valence-corrected chi connectivity index (χ4v) is 0.182. The molecule has 0 rings (SSSR count). The Kier molecular flexibility index (Phi) is 25.3. The van der Waals surface area contributed by atoms with Crippen molar-refractivity contribution in [2.24, 2.45) is 0 Å². The first-order chi connectivity index (χ1) is 5.18. The first kappa shape index (κ1) is 17.8. The second kappa shape index (κ2) is 17.1. The van der Waals surface area contributed by atoms with E-state index >= 15 is 0 Å². The fourth-order valence-electron chi connectivity index (χ4n) is 0.182. The maximum Gasteiger partial charge on any atom is 0.505 e. The first-order valence-electron chi connectivity index (χ1n) is 3.03. The zero-order valence-electron chi connectivity index (χ0n) is 7.07. The third-order valence-corrected chi connectivity index (χ3v) is 0.471. The van der Waals surface area contributed by atoms with Crippen LogP contribution in [-0.2, 0) is 47.0 Å². The Bertz CT molecular complexity index is 106. The van der Waals surface area contributed by atoms with Crippen molar-refractivity contribution in [3.63, 3.8) is 0 Å². The summed E-state index contributed by atoms with van der Waals surface area (Å²) >= 11 is 0. The summed E-state index contributed by atoms with van der Waals surface area (Å²) in [5.41, 5.74) is 0. The molecule has 0 bridgehead atoms. The van der Waals surface area contributed by atoms with Crippen LogP contribution in [0.3, 0.4) is 0 Å². The van der Waals surface area contributed by atoms with Crippen molar-refractivity contribution in [3.8, 4) is 0 Å². The van der Waals surface area contributed by atoms with Gasteiger partial charge in [-0.2, -0.15) is 0 Å². The molecule has 0 amide bonds. The molecule has 0 aliphatic rings. The molecule has 0 atom stereocenters. The summed E-state index contributed by atoms with van der Waals surface area (Å²) in [6, 6.07) is 0. The molecule has 0 aromatic heterocycles. The summed E-state index contributed by atoms with van der Waals surface area (Å²) in [4.78, 5) is 18.4. The molecule has 0 aromatic carbocycles. The third kappa shape index (κ3) is 32.8. The summed E-state index contributed by atoms with van der Waals surface area (Å²) in [7, 11) is 0. The molecule has 12 heavy (non-hydrogen) atoms. The van der Waals surface area contributed by atoms with Gasteiger partial charge in [-0.3, -0.25) is 0 Å². The largest absolute Gasteiger partial charge is 0.653 e. The average Bonchev–Trinajstić information content (AvgIpc) is 1.90. The van der Waals surface area contributed by atoms with Gasteiger partial charge >= 0.3 is 6.16 Å². The van der Waals surface area contributed by atoms with Crippen LogP contribution in [0.15, 0.2) is 0 Å². The molecule has 1 radical (unpaired) electrons. The fraction of sp³-hybridized carbons (Fsp3) is 0.667. The van der Waals surface area contributed by atoms with Crippen LogP contribution in [-0.4, -0.2) is 30.9 Å². The average molecular weight is 252 g/mol. The normalized spacial score (nSPS) is 6.50. The molecule has 0 saturated heterocycles.